The van der Waals surface area contributed by atoms with Gasteiger partial charge in [-0.1, -0.05) is 12.1 Å². The molecular weight excluding hydrogens is 190 g/mol. The maximum absolute atomic E-state index is 9.63. The number of phenolic OH excluding ortho intramolecular Hbond substituents is 1. The number of phenols is 1. The van der Waals surface area contributed by atoms with E-state index in [0.717, 1.165) is 30.9 Å². The van der Waals surface area contributed by atoms with E-state index < -0.39 is 0 Å². The van der Waals surface area contributed by atoms with Crippen molar-refractivity contribution in [2.24, 2.45) is 0 Å². The average molecular weight is 207 g/mol. The minimum Gasteiger partial charge on any atom is -0.507 e. The lowest BCUT2D eigenvalue weighted by Crippen LogP contribution is -2.45. The number of aryl methyl sites for hydroxylation is 2. The molecular formula is C12H17NO2. The summed E-state index contributed by atoms with van der Waals surface area (Å²) < 4.78 is 5.09. The Kier molecular flexibility index (Phi) is 2.93. The fourth-order valence-corrected chi connectivity index (χ4v) is 1.76. The van der Waals surface area contributed by atoms with Gasteiger partial charge in [-0.3, -0.25) is 0 Å². The third-order valence-corrected chi connectivity index (χ3v) is 2.78. The van der Waals surface area contributed by atoms with Gasteiger partial charge in [0.1, 0.15) is 5.75 Å². The largest absolute Gasteiger partial charge is 0.507 e. The lowest BCUT2D eigenvalue weighted by molar-refractivity contribution is -0.00578. The first-order valence-corrected chi connectivity index (χ1v) is 5.27. The molecule has 15 heavy (non-hydrogen) atoms. The molecule has 1 aromatic rings. The Morgan fingerprint density at radius 1 is 1.33 bits per heavy atom. The Labute approximate surface area is 90.1 Å². The van der Waals surface area contributed by atoms with Gasteiger partial charge in [0.05, 0.1) is 19.3 Å². The van der Waals surface area contributed by atoms with E-state index in [4.69, 9.17) is 4.74 Å². The van der Waals surface area contributed by atoms with Crippen molar-refractivity contribution in [1.82, 2.24) is 5.32 Å². The van der Waals surface area contributed by atoms with E-state index in [1.807, 2.05) is 26.0 Å². The second-order valence-electron chi connectivity index (χ2n) is 4.19. The van der Waals surface area contributed by atoms with Gasteiger partial charge in [-0.15, -0.1) is 0 Å². The van der Waals surface area contributed by atoms with E-state index in [2.05, 4.69) is 5.32 Å². The SMILES string of the molecule is Cc1cc(CNC2COC2)cc(C)c1O. The van der Waals surface area contributed by atoms with Crippen molar-refractivity contribution in [3.8, 4) is 5.75 Å². The van der Waals surface area contributed by atoms with E-state index in [1.165, 1.54) is 5.56 Å². The number of rotatable bonds is 3. The molecule has 3 heteroatoms. The molecule has 82 valence electrons. The zero-order chi connectivity index (χ0) is 10.8. The Morgan fingerprint density at radius 3 is 2.40 bits per heavy atom. The lowest BCUT2D eigenvalue weighted by atomic mass is 10.1. The molecule has 0 atom stereocenters. The van der Waals surface area contributed by atoms with Gasteiger partial charge in [-0.2, -0.15) is 0 Å². The van der Waals surface area contributed by atoms with E-state index in [1.54, 1.807) is 0 Å². The Balaban J connectivity index is 2.01. The summed E-state index contributed by atoms with van der Waals surface area (Å²) in [7, 11) is 0. The second kappa shape index (κ2) is 4.21. The topological polar surface area (TPSA) is 41.5 Å². The Bertz CT molecular complexity index is 336. The zero-order valence-corrected chi connectivity index (χ0v) is 9.21. The summed E-state index contributed by atoms with van der Waals surface area (Å²) in [5, 5.41) is 13.0. The third-order valence-electron chi connectivity index (χ3n) is 2.78. The molecule has 0 aromatic heterocycles. The molecule has 3 nitrogen and oxygen atoms in total. The first-order valence-electron chi connectivity index (χ1n) is 5.27. The van der Waals surface area contributed by atoms with E-state index >= 15 is 0 Å². The van der Waals surface area contributed by atoms with Crippen LogP contribution in [0, 0.1) is 13.8 Å². The maximum Gasteiger partial charge on any atom is 0.121 e. The predicted molar refractivity (Wildman–Crippen MR) is 59.0 cm³/mol. The molecule has 1 aliphatic rings. The molecule has 2 rings (SSSR count). The molecule has 0 unspecified atom stereocenters. The number of benzene rings is 1. The molecule has 2 N–H and O–H groups in total. The molecule has 1 heterocycles. The van der Waals surface area contributed by atoms with Crippen molar-refractivity contribution in [2.45, 2.75) is 26.4 Å². The Hall–Kier alpha value is -1.06. The van der Waals surface area contributed by atoms with Crippen molar-refractivity contribution in [3.05, 3.63) is 28.8 Å². The first-order chi connectivity index (χ1) is 7.16. The summed E-state index contributed by atoms with van der Waals surface area (Å²) in [5.74, 6) is 0.408. The summed E-state index contributed by atoms with van der Waals surface area (Å²) in [6.07, 6.45) is 0. The van der Waals surface area contributed by atoms with Crippen LogP contribution in [0.2, 0.25) is 0 Å². The van der Waals surface area contributed by atoms with Crippen molar-refractivity contribution in [3.63, 3.8) is 0 Å². The molecule has 0 amide bonds. The van der Waals surface area contributed by atoms with Crippen LogP contribution in [0.3, 0.4) is 0 Å². The molecule has 1 aromatic carbocycles. The summed E-state index contributed by atoms with van der Waals surface area (Å²) in [5.41, 5.74) is 3.10. The van der Waals surface area contributed by atoms with Crippen LogP contribution in [0.5, 0.6) is 5.75 Å². The van der Waals surface area contributed by atoms with Crippen LogP contribution in [0.4, 0.5) is 0 Å². The lowest BCUT2D eigenvalue weighted by Gasteiger charge is -2.27. The highest BCUT2D eigenvalue weighted by atomic mass is 16.5. The van der Waals surface area contributed by atoms with Gasteiger partial charge in [0, 0.05) is 6.54 Å². The summed E-state index contributed by atoms with van der Waals surface area (Å²) in [6, 6.07) is 4.54. The van der Waals surface area contributed by atoms with Crippen LogP contribution in [-0.2, 0) is 11.3 Å². The average Bonchev–Trinajstić information content (AvgIpc) is 2.11. The highest BCUT2D eigenvalue weighted by Crippen LogP contribution is 2.22. The smallest absolute Gasteiger partial charge is 0.121 e. The van der Waals surface area contributed by atoms with Gasteiger partial charge < -0.3 is 15.2 Å². The van der Waals surface area contributed by atoms with E-state index in [0.29, 0.717) is 11.8 Å². The zero-order valence-electron chi connectivity index (χ0n) is 9.21. The molecule has 1 aliphatic heterocycles. The molecule has 0 spiro atoms. The molecule has 0 saturated carbocycles. The molecule has 1 fully saturated rings. The van der Waals surface area contributed by atoms with Crippen molar-refractivity contribution < 1.29 is 9.84 Å². The highest BCUT2D eigenvalue weighted by molar-refractivity contribution is 5.42. The standard InChI is InChI=1S/C12H17NO2/c1-8-3-10(4-9(2)12(8)14)5-13-11-6-15-7-11/h3-4,11,13-14H,5-7H2,1-2H3. The van der Waals surface area contributed by atoms with Crippen LogP contribution >= 0.6 is 0 Å². The van der Waals surface area contributed by atoms with Gasteiger partial charge in [0.2, 0.25) is 0 Å². The number of ether oxygens (including phenoxy) is 1. The summed E-state index contributed by atoms with van der Waals surface area (Å²) >= 11 is 0. The minimum atomic E-state index is 0.408. The normalized spacial score (nSPS) is 16.4. The summed E-state index contributed by atoms with van der Waals surface area (Å²) in [4.78, 5) is 0. The van der Waals surface area contributed by atoms with Crippen LogP contribution in [0.25, 0.3) is 0 Å². The molecule has 0 aliphatic carbocycles. The van der Waals surface area contributed by atoms with Crippen LogP contribution in [0.1, 0.15) is 16.7 Å². The van der Waals surface area contributed by atoms with Crippen LogP contribution in [-0.4, -0.2) is 24.4 Å². The quantitative estimate of drug-likeness (QED) is 0.789. The van der Waals surface area contributed by atoms with Crippen molar-refractivity contribution in [1.29, 1.82) is 0 Å². The minimum absolute atomic E-state index is 0.408. The monoisotopic (exact) mass is 207 g/mol. The number of hydrogen-bond acceptors (Lipinski definition) is 3. The van der Waals surface area contributed by atoms with Crippen LogP contribution in [0.15, 0.2) is 12.1 Å². The fourth-order valence-electron chi connectivity index (χ4n) is 1.76. The molecule has 0 radical (unpaired) electrons. The van der Waals surface area contributed by atoms with E-state index in [9.17, 15) is 5.11 Å². The number of aromatic hydroxyl groups is 1. The maximum atomic E-state index is 9.63. The third kappa shape index (κ3) is 2.30. The number of nitrogens with one attached hydrogen (secondary N) is 1. The Morgan fingerprint density at radius 2 is 1.93 bits per heavy atom. The predicted octanol–water partition coefficient (Wildman–Crippen LogP) is 1.50. The highest BCUT2D eigenvalue weighted by Gasteiger charge is 2.17. The van der Waals surface area contributed by atoms with Gasteiger partial charge >= 0.3 is 0 Å². The van der Waals surface area contributed by atoms with Gasteiger partial charge in [-0.25, -0.2) is 0 Å². The van der Waals surface area contributed by atoms with Crippen molar-refractivity contribution >= 4 is 0 Å². The van der Waals surface area contributed by atoms with Crippen molar-refractivity contribution in [2.75, 3.05) is 13.2 Å². The molecule has 1 saturated heterocycles. The molecule has 0 bridgehead atoms. The first kappa shape index (κ1) is 10.5. The number of hydrogen-bond donors (Lipinski definition) is 2. The van der Waals surface area contributed by atoms with Gasteiger partial charge in [0.25, 0.3) is 0 Å². The second-order valence-corrected chi connectivity index (χ2v) is 4.19. The summed E-state index contributed by atoms with van der Waals surface area (Å²) in [6.45, 7) is 6.33. The van der Waals surface area contributed by atoms with E-state index in [-0.39, 0.29) is 0 Å². The van der Waals surface area contributed by atoms with Gasteiger partial charge in [0.15, 0.2) is 0 Å². The fraction of sp³-hybridized carbons (Fsp3) is 0.500. The van der Waals surface area contributed by atoms with Gasteiger partial charge in [-0.05, 0) is 30.5 Å². The van der Waals surface area contributed by atoms with Crippen LogP contribution < -0.4 is 5.32 Å².